The van der Waals surface area contributed by atoms with E-state index in [1.54, 1.807) is 12.1 Å². The quantitative estimate of drug-likeness (QED) is 0.447. The molecule has 6 heteroatoms. The summed E-state index contributed by atoms with van der Waals surface area (Å²) >= 11 is 0. The van der Waals surface area contributed by atoms with Crippen LogP contribution >= 0.6 is 0 Å². The van der Waals surface area contributed by atoms with Crippen LogP contribution in [0.2, 0.25) is 0 Å². The number of benzene rings is 2. The zero-order valence-electron chi connectivity index (χ0n) is 21.8. The van der Waals surface area contributed by atoms with Crippen LogP contribution in [-0.2, 0) is 27.4 Å². The number of hydrogen-bond acceptors (Lipinski definition) is 3. The maximum absolute atomic E-state index is 13.0. The minimum Gasteiger partial charge on any atom is -0.350 e. The summed E-state index contributed by atoms with van der Waals surface area (Å²) < 4.78 is 28.2. The molecule has 0 spiro atoms. The van der Waals surface area contributed by atoms with Crippen molar-refractivity contribution >= 4 is 26.6 Å². The van der Waals surface area contributed by atoms with Gasteiger partial charge < -0.3 is 9.47 Å². The van der Waals surface area contributed by atoms with Gasteiger partial charge in [0.2, 0.25) is 5.91 Å². The first-order chi connectivity index (χ1) is 16.4. The number of sulfone groups is 1. The Morgan fingerprint density at radius 3 is 2.29 bits per heavy atom. The zero-order valence-corrected chi connectivity index (χ0v) is 22.7. The minimum atomic E-state index is -3.42. The van der Waals surface area contributed by atoms with Crippen LogP contribution in [0.4, 0.5) is 0 Å². The van der Waals surface area contributed by atoms with E-state index in [4.69, 9.17) is 0 Å². The van der Waals surface area contributed by atoms with E-state index < -0.39 is 9.84 Å². The van der Waals surface area contributed by atoms with Gasteiger partial charge in [-0.3, -0.25) is 4.79 Å². The second-order valence-corrected chi connectivity index (χ2v) is 13.3. The van der Waals surface area contributed by atoms with Crippen molar-refractivity contribution in [2.24, 2.45) is 18.4 Å². The molecule has 1 amide bonds. The minimum absolute atomic E-state index is 0.00496. The number of carbonyl (C=O) groups is 1. The van der Waals surface area contributed by atoms with Crippen LogP contribution in [0.25, 0.3) is 10.9 Å². The van der Waals surface area contributed by atoms with Crippen molar-refractivity contribution in [3.05, 3.63) is 65.4 Å². The summed E-state index contributed by atoms with van der Waals surface area (Å²) in [6, 6.07) is 13.1. The number of fused-ring (bicyclic) bond motifs is 1. The molecule has 1 atom stereocenters. The van der Waals surface area contributed by atoms with Crippen LogP contribution < -0.4 is 0 Å². The lowest BCUT2D eigenvalue weighted by Crippen LogP contribution is -2.43. The molecule has 0 unspecified atom stereocenters. The summed E-state index contributed by atoms with van der Waals surface area (Å²) in [6.07, 6.45) is 4.03. The molecule has 5 nitrogen and oxygen atoms in total. The van der Waals surface area contributed by atoms with Gasteiger partial charge in [-0.1, -0.05) is 51.5 Å². The normalized spacial score (nSPS) is 16.6. The van der Waals surface area contributed by atoms with E-state index in [-0.39, 0.29) is 23.0 Å². The van der Waals surface area contributed by atoms with E-state index >= 15 is 0 Å². The molecule has 1 aliphatic heterocycles. The molecule has 0 N–H and O–H groups in total. The number of aromatic nitrogens is 1. The monoisotopic (exact) mass is 494 g/mol. The van der Waals surface area contributed by atoms with Gasteiger partial charge in [0.15, 0.2) is 9.84 Å². The predicted molar refractivity (Wildman–Crippen MR) is 142 cm³/mol. The lowest BCUT2D eigenvalue weighted by atomic mass is 9.80. The fourth-order valence-corrected chi connectivity index (χ4v) is 6.32. The molecule has 0 aliphatic carbocycles. The van der Waals surface area contributed by atoms with Crippen molar-refractivity contribution in [1.29, 1.82) is 0 Å². The third-order valence-corrected chi connectivity index (χ3v) is 9.44. The van der Waals surface area contributed by atoms with Gasteiger partial charge in [0.25, 0.3) is 0 Å². The van der Waals surface area contributed by atoms with Gasteiger partial charge >= 0.3 is 0 Å². The largest absolute Gasteiger partial charge is 0.350 e. The van der Waals surface area contributed by atoms with Crippen molar-refractivity contribution in [2.75, 3.05) is 13.1 Å². The van der Waals surface area contributed by atoms with Gasteiger partial charge in [-0.05, 0) is 66.5 Å². The van der Waals surface area contributed by atoms with Crippen LogP contribution in [-0.4, -0.2) is 36.9 Å². The summed E-state index contributed by atoms with van der Waals surface area (Å²) in [4.78, 5) is 15.4. The van der Waals surface area contributed by atoms with Gasteiger partial charge in [0.1, 0.15) is 0 Å². The number of likely N-dealkylation sites (tertiary alicyclic amines) is 1. The maximum Gasteiger partial charge on any atom is 0.225 e. The number of hydrogen-bond donors (Lipinski definition) is 0. The number of piperidine rings is 1. The van der Waals surface area contributed by atoms with Gasteiger partial charge in [0, 0.05) is 43.2 Å². The molecule has 0 saturated carbocycles. The SMILES string of the molecule is Cc1ccc(S(=O)(=O)Cc2ccc3c(c2)c(C2CCN(C(=O)[C@H](C)C(C)(C)C)CC2)cn3C)cc1. The molecule has 4 rings (SSSR count). The second-order valence-electron chi connectivity index (χ2n) is 11.3. The molecule has 0 bridgehead atoms. The molecule has 1 aromatic heterocycles. The summed E-state index contributed by atoms with van der Waals surface area (Å²) in [7, 11) is -1.38. The Kier molecular flexibility index (Phi) is 6.89. The van der Waals surface area contributed by atoms with E-state index in [0.717, 1.165) is 48.0 Å². The molecule has 1 saturated heterocycles. The Labute approximate surface area is 210 Å². The smallest absolute Gasteiger partial charge is 0.225 e. The highest BCUT2D eigenvalue weighted by Gasteiger charge is 2.33. The van der Waals surface area contributed by atoms with Crippen molar-refractivity contribution in [3.8, 4) is 0 Å². The average Bonchev–Trinajstić information content (AvgIpc) is 3.13. The molecule has 2 heterocycles. The topological polar surface area (TPSA) is 59.4 Å². The number of aryl methyl sites for hydroxylation is 2. The first-order valence-corrected chi connectivity index (χ1v) is 14.2. The summed E-state index contributed by atoms with van der Waals surface area (Å²) in [5.74, 6) is 0.585. The highest BCUT2D eigenvalue weighted by molar-refractivity contribution is 7.90. The maximum atomic E-state index is 13.0. The van der Waals surface area contributed by atoms with Gasteiger partial charge in [-0.25, -0.2) is 8.42 Å². The Hall–Kier alpha value is -2.60. The number of carbonyl (C=O) groups excluding carboxylic acids is 1. The molecule has 0 radical (unpaired) electrons. The third kappa shape index (κ3) is 5.32. The van der Waals surface area contributed by atoms with Gasteiger partial charge in [-0.2, -0.15) is 0 Å². The highest BCUT2D eigenvalue weighted by atomic mass is 32.2. The summed E-state index contributed by atoms with van der Waals surface area (Å²) in [5, 5.41) is 1.12. The molecule has 2 aromatic carbocycles. The van der Waals surface area contributed by atoms with Crippen LogP contribution in [0.3, 0.4) is 0 Å². The highest BCUT2D eigenvalue weighted by Crippen LogP contribution is 2.36. The van der Waals surface area contributed by atoms with Gasteiger partial charge in [0.05, 0.1) is 10.6 Å². The fourth-order valence-electron chi connectivity index (χ4n) is 4.99. The first-order valence-electron chi connectivity index (χ1n) is 12.5. The third-order valence-electron chi connectivity index (χ3n) is 7.74. The lowest BCUT2D eigenvalue weighted by molar-refractivity contribution is -0.139. The Bertz CT molecular complexity index is 1320. The van der Waals surface area contributed by atoms with E-state index in [1.807, 2.05) is 50.1 Å². The molecular formula is C29H38N2O3S. The predicted octanol–water partition coefficient (Wildman–Crippen LogP) is 5.85. The van der Waals surface area contributed by atoms with Crippen molar-refractivity contribution in [3.63, 3.8) is 0 Å². The molecule has 188 valence electrons. The molecule has 1 aliphatic rings. The number of nitrogens with zero attached hydrogens (tertiary/aromatic N) is 2. The van der Waals surface area contributed by atoms with Crippen LogP contribution in [0.15, 0.2) is 53.6 Å². The van der Waals surface area contributed by atoms with Crippen LogP contribution in [0.1, 0.15) is 63.1 Å². The Balaban J connectivity index is 1.54. The molecule has 3 aromatic rings. The standard InChI is InChI=1S/C29H38N2O3S/c1-20-7-10-24(11-8-20)35(33,34)19-22-9-12-27-25(17-22)26(18-30(27)6)23-13-15-31(16-14-23)28(32)21(2)29(3,4)5/h7-12,17-18,21,23H,13-16,19H2,1-6H3/t21-/m0/s1. The number of rotatable bonds is 5. The van der Waals surface area contributed by atoms with Crippen molar-refractivity contribution in [2.45, 2.75) is 64.0 Å². The van der Waals surface area contributed by atoms with Gasteiger partial charge in [-0.15, -0.1) is 0 Å². The van der Waals surface area contributed by atoms with Crippen molar-refractivity contribution in [1.82, 2.24) is 9.47 Å². The van der Waals surface area contributed by atoms with E-state index in [2.05, 4.69) is 37.6 Å². The number of amides is 1. The van der Waals surface area contributed by atoms with E-state index in [1.165, 1.54) is 5.56 Å². The van der Waals surface area contributed by atoms with Crippen LogP contribution in [0.5, 0.6) is 0 Å². The Morgan fingerprint density at radius 2 is 1.69 bits per heavy atom. The van der Waals surface area contributed by atoms with E-state index in [0.29, 0.717) is 10.8 Å². The van der Waals surface area contributed by atoms with Crippen LogP contribution in [0, 0.1) is 18.3 Å². The van der Waals surface area contributed by atoms with Crippen molar-refractivity contribution < 1.29 is 13.2 Å². The molecule has 35 heavy (non-hydrogen) atoms. The lowest BCUT2D eigenvalue weighted by Gasteiger charge is -2.36. The summed E-state index contributed by atoms with van der Waals surface area (Å²) in [6.45, 7) is 11.9. The zero-order chi connectivity index (χ0) is 25.5. The summed E-state index contributed by atoms with van der Waals surface area (Å²) in [5.41, 5.74) is 4.17. The average molecular weight is 495 g/mol. The fraction of sp³-hybridized carbons (Fsp3) is 0.483. The Morgan fingerprint density at radius 1 is 1.06 bits per heavy atom. The molecular weight excluding hydrogens is 456 g/mol. The van der Waals surface area contributed by atoms with E-state index in [9.17, 15) is 13.2 Å². The second kappa shape index (κ2) is 9.45. The molecule has 1 fully saturated rings. The first kappa shape index (κ1) is 25.5.